The van der Waals surface area contributed by atoms with Crippen molar-refractivity contribution >= 4 is 5.91 Å². The van der Waals surface area contributed by atoms with Gasteiger partial charge in [0.1, 0.15) is 0 Å². The Morgan fingerprint density at radius 2 is 1.50 bits per heavy atom. The number of carbonyl (C=O) groups is 1. The molecule has 1 aliphatic rings. The maximum absolute atomic E-state index is 12.1. The summed E-state index contributed by atoms with van der Waals surface area (Å²) in [6, 6.07) is 1.17. The fraction of sp³-hybridized carbons (Fsp3) is 0.941. The molecule has 1 saturated carbocycles. The third kappa shape index (κ3) is 5.08. The largest absolute Gasteiger partial charge is 0.343 e. The predicted octanol–water partition coefficient (Wildman–Crippen LogP) is 3.39. The number of hydrogen-bond donors (Lipinski definition) is 0. The second-order valence-electron chi connectivity index (χ2n) is 7.23. The molecule has 0 N–H and O–H groups in total. The lowest BCUT2D eigenvalue weighted by Gasteiger charge is -2.39. The van der Waals surface area contributed by atoms with Crippen LogP contribution in [0.1, 0.15) is 59.8 Å². The first-order valence-corrected chi connectivity index (χ1v) is 8.29. The number of amides is 1. The molecule has 1 aliphatic carbocycles. The fourth-order valence-electron chi connectivity index (χ4n) is 3.12. The summed E-state index contributed by atoms with van der Waals surface area (Å²) in [5, 5.41) is 0. The van der Waals surface area contributed by atoms with E-state index in [0.29, 0.717) is 18.0 Å². The van der Waals surface area contributed by atoms with E-state index in [1.807, 2.05) is 25.8 Å². The van der Waals surface area contributed by atoms with Gasteiger partial charge in [0.15, 0.2) is 0 Å². The average Bonchev–Trinajstić information content (AvgIpc) is 2.43. The van der Waals surface area contributed by atoms with Gasteiger partial charge >= 0.3 is 0 Å². The third-order valence-corrected chi connectivity index (χ3v) is 4.74. The summed E-state index contributed by atoms with van der Waals surface area (Å²) >= 11 is 0. The van der Waals surface area contributed by atoms with E-state index in [1.54, 1.807) is 0 Å². The zero-order valence-corrected chi connectivity index (χ0v) is 14.4. The number of hydrogen-bond acceptors (Lipinski definition) is 2. The van der Waals surface area contributed by atoms with Crippen LogP contribution in [0.5, 0.6) is 0 Å². The van der Waals surface area contributed by atoms with Crippen LogP contribution in [0.25, 0.3) is 0 Å². The van der Waals surface area contributed by atoms with Gasteiger partial charge in [-0.1, -0.05) is 27.7 Å². The van der Waals surface area contributed by atoms with Gasteiger partial charge in [-0.25, -0.2) is 0 Å². The summed E-state index contributed by atoms with van der Waals surface area (Å²) in [4.78, 5) is 16.6. The molecule has 0 saturated heterocycles. The molecule has 3 heteroatoms. The van der Waals surface area contributed by atoms with Crippen LogP contribution in [0, 0.1) is 11.8 Å². The first-order valence-electron chi connectivity index (χ1n) is 8.29. The summed E-state index contributed by atoms with van der Waals surface area (Å²) in [6.45, 7) is 9.76. The maximum Gasteiger partial charge on any atom is 0.225 e. The second-order valence-corrected chi connectivity index (χ2v) is 7.23. The van der Waals surface area contributed by atoms with Crippen molar-refractivity contribution in [1.29, 1.82) is 0 Å². The first-order chi connectivity index (χ1) is 9.32. The van der Waals surface area contributed by atoms with Gasteiger partial charge in [-0.3, -0.25) is 4.79 Å². The van der Waals surface area contributed by atoms with Gasteiger partial charge in [-0.15, -0.1) is 0 Å². The predicted molar refractivity (Wildman–Crippen MR) is 85.7 cm³/mol. The maximum atomic E-state index is 12.1. The van der Waals surface area contributed by atoms with Crippen LogP contribution in [0.4, 0.5) is 0 Å². The lowest BCUT2D eigenvalue weighted by molar-refractivity contribution is -0.136. The molecule has 0 spiro atoms. The molecular formula is C17H34N2O. The quantitative estimate of drug-likeness (QED) is 0.745. The van der Waals surface area contributed by atoms with E-state index >= 15 is 0 Å². The molecule has 0 aromatic rings. The van der Waals surface area contributed by atoms with Crippen LogP contribution in [-0.4, -0.2) is 48.4 Å². The standard InChI is InChI=1S/C17H34N2O/c1-13(2)11-12-18(5)15-7-9-16(10-8-15)19(6)17(20)14(3)4/h13-16H,7-12H2,1-6H3. The van der Waals surface area contributed by atoms with E-state index in [1.165, 1.54) is 25.8 Å². The van der Waals surface area contributed by atoms with Crippen molar-refractivity contribution in [2.45, 2.75) is 71.9 Å². The molecule has 0 unspecified atom stereocenters. The molecule has 0 aliphatic heterocycles. The van der Waals surface area contributed by atoms with E-state index < -0.39 is 0 Å². The minimum Gasteiger partial charge on any atom is -0.343 e. The Balaban J connectivity index is 2.37. The van der Waals surface area contributed by atoms with Crippen molar-refractivity contribution in [1.82, 2.24) is 9.80 Å². The van der Waals surface area contributed by atoms with Crippen LogP contribution in [-0.2, 0) is 4.79 Å². The van der Waals surface area contributed by atoms with Crippen LogP contribution < -0.4 is 0 Å². The van der Waals surface area contributed by atoms with Gasteiger partial charge in [0.25, 0.3) is 0 Å². The van der Waals surface area contributed by atoms with Crippen molar-refractivity contribution < 1.29 is 4.79 Å². The second kappa shape index (κ2) is 8.02. The number of carbonyl (C=O) groups excluding carboxylic acids is 1. The summed E-state index contributed by atoms with van der Waals surface area (Å²) < 4.78 is 0. The normalized spacial score (nSPS) is 23.6. The molecule has 0 bridgehead atoms. The highest BCUT2D eigenvalue weighted by Crippen LogP contribution is 2.26. The topological polar surface area (TPSA) is 23.6 Å². The van der Waals surface area contributed by atoms with Gasteiger partial charge in [-0.2, -0.15) is 0 Å². The molecule has 1 rings (SSSR count). The Hall–Kier alpha value is -0.570. The van der Waals surface area contributed by atoms with Gasteiger partial charge in [0.2, 0.25) is 5.91 Å². The fourth-order valence-corrected chi connectivity index (χ4v) is 3.12. The van der Waals surface area contributed by atoms with E-state index in [0.717, 1.165) is 18.8 Å². The molecule has 0 radical (unpaired) electrons. The van der Waals surface area contributed by atoms with Crippen molar-refractivity contribution in [2.24, 2.45) is 11.8 Å². The van der Waals surface area contributed by atoms with Crippen molar-refractivity contribution in [3.05, 3.63) is 0 Å². The highest BCUT2D eigenvalue weighted by Gasteiger charge is 2.28. The molecule has 0 aromatic carbocycles. The van der Waals surface area contributed by atoms with Gasteiger partial charge in [0.05, 0.1) is 0 Å². The van der Waals surface area contributed by atoms with Crippen LogP contribution in [0.3, 0.4) is 0 Å². The Morgan fingerprint density at radius 3 is 1.95 bits per heavy atom. The van der Waals surface area contributed by atoms with E-state index in [-0.39, 0.29) is 5.92 Å². The first kappa shape index (κ1) is 17.5. The molecule has 3 nitrogen and oxygen atoms in total. The van der Waals surface area contributed by atoms with Gasteiger partial charge in [-0.05, 0) is 51.6 Å². The summed E-state index contributed by atoms with van der Waals surface area (Å²) in [6.07, 6.45) is 6.06. The highest BCUT2D eigenvalue weighted by atomic mass is 16.2. The summed E-state index contributed by atoms with van der Waals surface area (Å²) in [7, 11) is 4.24. The molecule has 0 atom stereocenters. The van der Waals surface area contributed by atoms with E-state index in [2.05, 4.69) is 25.8 Å². The molecular weight excluding hydrogens is 248 g/mol. The Kier molecular flexibility index (Phi) is 7.01. The number of nitrogens with zero attached hydrogens (tertiary/aromatic N) is 2. The van der Waals surface area contributed by atoms with Crippen LogP contribution >= 0.6 is 0 Å². The van der Waals surface area contributed by atoms with Crippen molar-refractivity contribution in [2.75, 3.05) is 20.6 Å². The third-order valence-electron chi connectivity index (χ3n) is 4.74. The lowest BCUT2D eigenvalue weighted by atomic mass is 9.89. The van der Waals surface area contributed by atoms with Crippen molar-refractivity contribution in [3.8, 4) is 0 Å². The van der Waals surface area contributed by atoms with Crippen molar-refractivity contribution in [3.63, 3.8) is 0 Å². The summed E-state index contributed by atoms with van der Waals surface area (Å²) in [5.41, 5.74) is 0. The smallest absolute Gasteiger partial charge is 0.225 e. The summed E-state index contributed by atoms with van der Waals surface area (Å²) in [5.74, 6) is 1.19. The minimum absolute atomic E-state index is 0.117. The molecule has 20 heavy (non-hydrogen) atoms. The molecule has 0 heterocycles. The Bertz CT molecular complexity index is 293. The number of rotatable bonds is 6. The van der Waals surface area contributed by atoms with E-state index in [4.69, 9.17) is 0 Å². The van der Waals surface area contributed by atoms with Crippen LogP contribution in [0.15, 0.2) is 0 Å². The van der Waals surface area contributed by atoms with Gasteiger partial charge in [0, 0.05) is 25.0 Å². The molecule has 118 valence electrons. The zero-order chi connectivity index (χ0) is 15.3. The van der Waals surface area contributed by atoms with Crippen LogP contribution in [0.2, 0.25) is 0 Å². The average molecular weight is 282 g/mol. The van der Waals surface area contributed by atoms with Gasteiger partial charge < -0.3 is 9.80 Å². The Morgan fingerprint density at radius 1 is 1.00 bits per heavy atom. The minimum atomic E-state index is 0.117. The monoisotopic (exact) mass is 282 g/mol. The SMILES string of the molecule is CC(C)CCN(C)C1CCC(N(C)C(=O)C(C)C)CC1. The van der Waals surface area contributed by atoms with E-state index in [9.17, 15) is 4.79 Å². The highest BCUT2D eigenvalue weighted by molar-refractivity contribution is 5.78. The zero-order valence-electron chi connectivity index (χ0n) is 14.4. The lowest BCUT2D eigenvalue weighted by Crippen LogP contribution is -2.45. The molecule has 1 fully saturated rings. The molecule has 1 amide bonds. The molecule has 0 aromatic heterocycles. The Labute approximate surface area is 125 Å².